The van der Waals surface area contributed by atoms with Gasteiger partial charge in [0.1, 0.15) is 5.75 Å². The van der Waals surface area contributed by atoms with E-state index in [0.29, 0.717) is 5.56 Å². The third-order valence-electron chi connectivity index (χ3n) is 3.21. The summed E-state index contributed by atoms with van der Waals surface area (Å²) < 4.78 is 58.7. The second-order valence-corrected chi connectivity index (χ2v) is 5.09. The van der Waals surface area contributed by atoms with Crippen molar-refractivity contribution in [3.63, 3.8) is 0 Å². The molecule has 0 saturated carbocycles. The molecule has 0 heterocycles. The van der Waals surface area contributed by atoms with E-state index in [1.54, 1.807) is 6.07 Å². The maximum Gasteiger partial charge on any atom is 0.573 e. The molecule has 1 amide bonds. The van der Waals surface area contributed by atoms with E-state index in [0.717, 1.165) is 12.1 Å². The van der Waals surface area contributed by atoms with Gasteiger partial charge in [-0.1, -0.05) is 12.1 Å². The van der Waals surface area contributed by atoms with Gasteiger partial charge in [0.15, 0.2) is 11.6 Å². The molecule has 4 nitrogen and oxygen atoms in total. The predicted molar refractivity (Wildman–Crippen MR) is 83.0 cm³/mol. The minimum atomic E-state index is -4.80. The average Bonchev–Trinajstić information content (AvgIpc) is 2.52. The highest BCUT2D eigenvalue weighted by Crippen LogP contribution is 2.25. The van der Waals surface area contributed by atoms with Gasteiger partial charge in [0.05, 0.1) is 7.11 Å². The second-order valence-electron chi connectivity index (χ2n) is 5.09. The molecule has 0 saturated heterocycles. The molecule has 134 valence electrons. The molecule has 0 bridgehead atoms. The fourth-order valence-electron chi connectivity index (χ4n) is 2.12. The summed E-state index contributed by atoms with van der Waals surface area (Å²) in [7, 11) is 1.35. The molecule has 0 radical (unpaired) electrons. The molecule has 0 unspecified atom stereocenters. The van der Waals surface area contributed by atoms with Gasteiger partial charge in [0, 0.05) is 18.2 Å². The van der Waals surface area contributed by atoms with Gasteiger partial charge in [0.2, 0.25) is 5.91 Å². The number of halogens is 4. The number of alkyl halides is 3. The van der Waals surface area contributed by atoms with E-state index in [1.165, 1.54) is 31.4 Å². The highest BCUT2D eigenvalue weighted by molar-refractivity contribution is 5.91. The lowest BCUT2D eigenvalue weighted by Gasteiger charge is -2.11. The molecule has 2 aromatic rings. The summed E-state index contributed by atoms with van der Waals surface area (Å²) in [6.45, 7) is 0. The Morgan fingerprint density at radius 3 is 2.56 bits per heavy atom. The van der Waals surface area contributed by atoms with Gasteiger partial charge in [-0.15, -0.1) is 13.2 Å². The molecule has 0 aliphatic heterocycles. The van der Waals surface area contributed by atoms with Crippen LogP contribution in [0.4, 0.5) is 23.2 Å². The van der Waals surface area contributed by atoms with E-state index in [2.05, 4.69) is 10.1 Å². The van der Waals surface area contributed by atoms with Crippen molar-refractivity contribution in [3.05, 3.63) is 53.8 Å². The van der Waals surface area contributed by atoms with Crippen LogP contribution in [0.15, 0.2) is 42.5 Å². The Morgan fingerprint density at radius 2 is 1.92 bits per heavy atom. The Hall–Kier alpha value is -2.77. The van der Waals surface area contributed by atoms with Crippen molar-refractivity contribution >= 4 is 11.6 Å². The number of benzene rings is 2. The Labute approximate surface area is 141 Å². The normalized spacial score (nSPS) is 11.1. The minimum Gasteiger partial charge on any atom is -0.494 e. The van der Waals surface area contributed by atoms with Crippen LogP contribution in [0, 0.1) is 5.82 Å². The van der Waals surface area contributed by atoms with E-state index in [1.807, 2.05) is 0 Å². The topological polar surface area (TPSA) is 47.6 Å². The number of anilines is 1. The summed E-state index contributed by atoms with van der Waals surface area (Å²) in [6, 6.07) is 9.32. The molecule has 8 heteroatoms. The summed E-state index contributed by atoms with van der Waals surface area (Å²) in [5, 5.41) is 2.47. The first-order chi connectivity index (χ1) is 11.8. The second kappa shape index (κ2) is 7.87. The van der Waals surface area contributed by atoms with Crippen LogP contribution in [0.2, 0.25) is 0 Å². The Morgan fingerprint density at radius 1 is 1.16 bits per heavy atom. The van der Waals surface area contributed by atoms with Crippen molar-refractivity contribution in [2.24, 2.45) is 0 Å². The molecule has 0 aromatic heterocycles. The molecule has 1 N–H and O–H groups in total. The number of hydrogen-bond acceptors (Lipinski definition) is 3. The largest absolute Gasteiger partial charge is 0.573 e. The standard InChI is InChI=1S/C17H15F4NO3/c1-24-15-7-5-11(9-14(15)18)6-8-16(23)22-12-3-2-4-13(10-12)25-17(19,20)21/h2-5,7,9-10H,6,8H2,1H3,(H,22,23). The lowest BCUT2D eigenvalue weighted by molar-refractivity contribution is -0.274. The number of ether oxygens (including phenoxy) is 2. The number of carbonyl (C=O) groups is 1. The van der Waals surface area contributed by atoms with Crippen LogP contribution in [0.25, 0.3) is 0 Å². The van der Waals surface area contributed by atoms with Crippen LogP contribution in [0.1, 0.15) is 12.0 Å². The molecular weight excluding hydrogens is 342 g/mol. The van der Waals surface area contributed by atoms with Crippen molar-refractivity contribution in [2.75, 3.05) is 12.4 Å². The van der Waals surface area contributed by atoms with Crippen LogP contribution >= 0.6 is 0 Å². The van der Waals surface area contributed by atoms with Gasteiger partial charge < -0.3 is 14.8 Å². The SMILES string of the molecule is COc1ccc(CCC(=O)Nc2cccc(OC(F)(F)F)c2)cc1F. The number of hydrogen-bond donors (Lipinski definition) is 1. The van der Waals surface area contributed by atoms with Crippen molar-refractivity contribution in [1.82, 2.24) is 0 Å². The summed E-state index contributed by atoms with van der Waals surface area (Å²) in [6.07, 6.45) is -4.50. The quantitative estimate of drug-likeness (QED) is 0.784. The first-order valence-electron chi connectivity index (χ1n) is 7.25. The van der Waals surface area contributed by atoms with Gasteiger partial charge in [0.25, 0.3) is 0 Å². The molecular formula is C17H15F4NO3. The Balaban J connectivity index is 1.92. The zero-order valence-corrected chi connectivity index (χ0v) is 13.2. The highest BCUT2D eigenvalue weighted by atomic mass is 19.4. The summed E-state index contributed by atoms with van der Waals surface area (Å²) >= 11 is 0. The summed E-state index contributed by atoms with van der Waals surface area (Å²) in [5.74, 6) is -1.27. The van der Waals surface area contributed by atoms with Gasteiger partial charge in [-0.2, -0.15) is 0 Å². The molecule has 0 aliphatic rings. The zero-order chi connectivity index (χ0) is 18.4. The molecule has 25 heavy (non-hydrogen) atoms. The van der Waals surface area contributed by atoms with Crippen LogP contribution < -0.4 is 14.8 Å². The van der Waals surface area contributed by atoms with E-state index in [9.17, 15) is 22.4 Å². The van der Waals surface area contributed by atoms with Crippen LogP contribution in [-0.4, -0.2) is 19.4 Å². The van der Waals surface area contributed by atoms with E-state index >= 15 is 0 Å². The van der Waals surface area contributed by atoms with E-state index in [4.69, 9.17) is 4.74 Å². The lowest BCUT2D eigenvalue weighted by atomic mass is 10.1. The third-order valence-corrected chi connectivity index (χ3v) is 3.21. The molecule has 0 fully saturated rings. The maximum atomic E-state index is 13.6. The van der Waals surface area contributed by atoms with Crippen molar-refractivity contribution in [3.8, 4) is 11.5 Å². The van der Waals surface area contributed by atoms with Gasteiger partial charge in [-0.05, 0) is 36.2 Å². The monoisotopic (exact) mass is 357 g/mol. The Kier molecular flexibility index (Phi) is 5.84. The van der Waals surface area contributed by atoms with Crippen molar-refractivity contribution in [2.45, 2.75) is 19.2 Å². The number of carbonyl (C=O) groups excluding carboxylic acids is 1. The Bertz CT molecular complexity index is 747. The third kappa shape index (κ3) is 5.98. The summed E-state index contributed by atoms with van der Waals surface area (Å²) in [5.41, 5.74) is 0.773. The van der Waals surface area contributed by atoms with Crippen LogP contribution in [-0.2, 0) is 11.2 Å². The van der Waals surface area contributed by atoms with Crippen LogP contribution in [0.3, 0.4) is 0 Å². The lowest BCUT2D eigenvalue weighted by Crippen LogP contribution is -2.17. The molecule has 0 atom stereocenters. The molecule has 2 aromatic carbocycles. The van der Waals surface area contributed by atoms with Gasteiger partial charge in [-0.3, -0.25) is 4.79 Å². The smallest absolute Gasteiger partial charge is 0.494 e. The number of nitrogens with one attached hydrogen (secondary N) is 1. The number of methoxy groups -OCH3 is 1. The van der Waals surface area contributed by atoms with Gasteiger partial charge in [-0.25, -0.2) is 4.39 Å². The van der Waals surface area contributed by atoms with Crippen molar-refractivity contribution < 1.29 is 31.8 Å². The molecule has 2 rings (SSSR count). The molecule has 0 aliphatic carbocycles. The predicted octanol–water partition coefficient (Wildman–Crippen LogP) is 4.30. The first kappa shape index (κ1) is 18.6. The number of aryl methyl sites for hydroxylation is 1. The number of rotatable bonds is 6. The average molecular weight is 357 g/mol. The summed E-state index contributed by atoms with van der Waals surface area (Å²) in [4.78, 5) is 11.9. The minimum absolute atomic E-state index is 0.0378. The van der Waals surface area contributed by atoms with Crippen LogP contribution in [0.5, 0.6) is 11.5 Å². The fourth-order valence-corrected chi connectivity index (χ4v) is 2.12. The highest BCUT2D eigenvalue weighted by Gasteiger charge is 2.31. The fraction of sp³-hybridized carbons (Fsp3) is 0.235. The van der Waals surface area contributed by atoms with Gasteiger partial charge >= 0.3 is 6.36 Å². The van der Waals surface area contributed by atoms with E-state index in [-0.39, 0.29) is 24.3 Å². The zero-order valence-electron chi connectivity index (χ0n) is 13.2. The first-order valence-corrected chi connectivity index (χ1v) is 7.25. The molecule has 0 spiro atoms. The van der Waals surface area contributed by atoms with Crippen molar-refractivity contribution in [1.29, 1.82) is 0 Å². The van der Waals surface area contributed by atoms with E-state index < -0.39 is 23.8 Å². The number of amides is 1. The maximum absolute atomic E-state index is 13.6.